The van der Waals surface area contributed by atoms with Crippen molar-refractivity contribution in [3.8, 4) is 0 Å². The molecule has 0 atom stereocenters. The van der Waals surface area contributed by atoms with Gasteiger partial charge in [0.25, 0.3) is 15.9 Å². The minimum atomic E-state index is -4.72. The highest BCUT2D eigenvalue weighted by atomic mass is 35.5. The number of nitrogens with two attached hydrogens (primary N) is 1. The van der Waals surface area contributed by atoms with Crippen LogP contribution in [-0.2, 0) is 16.2 Å². The topological polar surface area (TPSA) is 114 Å². The van der Waals surface area contributed by atoms with E-state index in [9.17, 15) is 26.4 Å². The number of anilines is 1. The average Bonchev–Trinajstić information content (AvgIpc) is 2.53. The van der Waals surface area contributed by atoms with Crippen molar-refractivity contribution in [2.75, 3.05) is 4.72 Å². The van der Waals surface area contributed by atoms with Crippen molar-refractivity contribution in [1.82, 2.24) is 10.4 Å². The fourth-order valence-electron chi connectivity index (χ4n) is 2.04. The zero-order valence-corrected chi connectivity index (χ0v) is 14.6. The first kappa shape index (κ1) is 19.9. The Kier molecular flexibility index (Phi) is 5.44. The molecule has 1 aromatic heterocycles. The standard InChI is InChI=1S/C14H12ClF3N4O3S/c1-7-2-3-9(5-10(7)14(16,17)18)26(24,25)22-11-4-8(15)6-20-12(11)13(23)21-19/h2-6,22H,19H2,1H3,(H,21,23). The van der Waals surface area contributed by atoms with Crippen LogP contribution in [0.3, 0.4) is 0 Å². The maximum Gasteiger partial charge on any atom is 0.416 e. The number of halogens is 4. The minimum absolute atomic E-state index is 0.00356. The van der Waals surface area contributed by atoms with Crippen LogP contribution in [0.5, 0.6) is 0 Å². The van der Waals surface area contributed by atoms with Crippen molar-refractivity contribution in [3.05, 3.63) is 52.3 Å². The van der Waals surface area contributed by atoms with Crippen LogP contribution < -0.4 is 16.0 Å². The van der Waals surface area contributed by atoms with Crippen molar-refractivity contribution in [2.24, 2.45) is 5.84 Å². The molecule has 12 heteroatoms. The molecule has 2 aromatic rings. The minimum Gasteiger partial charge on any atom is -0.289 e. The maximum atomic E-state index is 13.0. The van der Waals surface area contributed by atoms with Gasteiger partial charge in [0.1, 0.15) is 0 Å². The Morgan fingerprint density at radius 3 is 2.50 bits per heavy atom. The maximum absolute atomic E-state index is 13.0. The molecule has 1 amide bonds. The Balaban J connectivity index is 2.51. The summed E-state index contributed by atoms with van der Waals surface area (Å²) in [5.41, 5.74) is -0.191. The SMILES string of the molecule is Cc1ccc(S(=O)(=O)Nc2cc(Cl)cnc2C(=O)NN)cc1C(F)(F)F. The van der Waals surface area contributed by atoms with Crippen LogP contribution in [0.25, 0.3) is 0 Å². The highest BCUT2D eigenvalue weighted by Gasteiger charge is 2.34. The summed E-state index contributed by atoms with van der Waals surface area (Å²) >= 11 is 5.74. The van der Waals surface area contributed by atoms with E-state index in [1.807, 2.05) is 4.72 Å². The van der Waals surface area contributed by atoms with E-state index in [1.165, 1.54) is 6.92 Å². The van der Waals surface area contributed by atoms with Gasteiger partial charge in [0.05, 0.1) is 21.2 Å². The summed E-state index contributed by atoms with van der Waals surface area (Å²) in [6.07, 6.45) is -3.64. The van der Waals surface area contributed by atoms with E-state index in [4.69, 9.17) is 17.4 Å². The van der Waals surface area contributed by atoms with Gasteiger partial charge >= 0.3 is 6.18 Å². The van der Waals surface area contributed by atoms with E-state index in [1.54, 1.807) is 5.43 Å². The lowest BCUT2D eigenvalue weighted by Crippen LogP contribution is -2.31. The molecule has 1 heterocycles. The number of benzene rings is 1. The summed E-state index contributed by atoms with van der Waals surface area (Å²) in [5, 5.41) is -0.00356. The Morgan fingerprint density at radius 1 is 1.27 bits per heavy atom. The number of nitrogens with zero attached hydrogens (tertiary/aromatic N) is 1. The van der Waals surface area contributed by atoms with Gasteiger partial charge in [0.2, 0.25) is 0 Å². The molecule has 0 bridgehead atoms. The quantitative estimate of drug-likeness (QED) is 0.408. The summed E-state index contributed by atoms with van der Waals surface area (Å²) < 4.78 is 65.9. The molecule has 0 aliphatic heterocycles. The molecular weight excluding hydrogens is 397 g/mol. The number of nitrogen functional groups attached to an aromatic ring is 1. The number of hydrogen-bond donors (Lipinski definition) is 3. The van der Waals surface area contributed by atoms with Crippen molar-refractivity contribution in [3.63, 3.8) is 0 Å². The predicted molar refractivity (Wildman–Crippen MR) is 87.9 cm³/mol. The largest absolute Gasteiger partial charge is 0.416 e. The van der Waals surface area contributed by atoms with E-state index in [-0.39, 0.29) is 16.3 Å². The summed E-state index contributed by atoms with van der Waals surface area (Å²) in [5.74, 6) is 4.08. The Morgan fingerprint density at radius 2 is 1.92 bits per heavy atom. The number of rotatable bonds is 4. The third-order valence-electron chi connectivity index (χ3n) is 3.27. The molecule has 0 saturated carbocycles. The number of sulfonamides is 1. The summed E-state index contributed by atoms with van der Waals surface area (Å²) in [6, 6.07) is 3.61. The van der Waals surface area contributed by atoms with Crippen LogP contribution in [0.2, 0.25) is 5.02 Å². The second-order valence-corrected chi connectivity index (χ2v) is 7.22. The van der Waals surface area contributed by atoms with Crippen LogP contribution in [0.15, 0.2) is 35.4 Å². The number of carbonyl (C=O) groups is 1. The first-order chi connectivity index (χ1) is 12.0. The molecule has 26 heavy (non-hydrogen) atoms. The summed E-state index contributed by atoms with van der Waals surface area (Å²) in [6.45, 7) is 1.21. The van der Waals surface area contributed by atoms with Gasteiger partial charge in [0.15, 0.2) is 5.69 Å². The number of alkyl halides is 3. The number of pyridine rings is 1. The van der Waals surface area contributed by atoms with Gasteiger partial charge in [-0.1, -0.05) is 17.7 Å². The molecule has 0 unspecified atom stereocenters. The fraction of sp³-hybridized carbons (Fsp3) is 0.143. The Labute approximate surface area is 151 Å². The molecule has 0 aliphatic rings. The fourth-order valence-corrected chi connectivity index (χ4v) is 3.28. The van der Waals surface area contributed by atoms with Gasteiger partial charge < -0.3 is 0 Å². The Bertz CT molecular complexity index is 964. The predicted octanol–water partition coefficient (Wildman–Crippen LogP) is 2.47. The molecular formula is C14H12ClF3N4O3S. The molecule has 0 radical (unpaired) electrons. The highest BCUT2D eigenvalue weighted by Crippen LogP contribution is 2.33. The number of hydrazine groups is 1. The number of hydrogen-bond acceptors (Lipinski definition) is 5. The normalized spacial score (nSPS) is 11.9. The number of amides is 1. The van der Waals surface area contributed by atoms with Gasteiger partial charge in [-0.05, 0) is 30.7 Å². The molecule has 1 aromatic carbocycles. The first-order valence-electron chi connectivity index (χ1n) is 6.83. The second-order valence-electron chi connectivity index (χ2n) is 5.10. The molecule has 140 valence electrons. The van der Waals surface area contributed by atoms with E-state index in [0.717, 1.165) is 24.4 Å². The molecule has 0 aliphatic carbocycles. The van der Waals surface area contributed by atoms with Gasteiger partial charge in [-0.2, -0.15) is 13.2 Å². The zero-order valence-electron chi connectivity index (χ0n) is 13.1. The van der Waals surface area contributed by atoms with E-state index < -0.39 is 38.3 Å². The monoisotopic (exact) mass is 408 g/mol. The van der Waals surface area contributed by atoms with Crippen molar-refractivity contribution in [1.29, 1.82) is 0 Å². The molecule has 4 N–H and O–H groups in total. The first-order valence-corrected chi connectivity index (χ1v) is 8.69. The van der Waals surface area contributed by atoms with Gasteiger partial charge in [-0.3, -0.25) is 14.9 Å². The van der Waals surface area contributed by atoms with Crippen LogP contribution in [0.4, 0.5) is 18.9 Å². The lowest BCUT2D eigenvalue weighted by atomic mass is 10.1. The van der Waals surface area contributed by atoms with Gasteiger partial charge in [-0.25, -0.2) is 19.2 Å². The molecule has 0 spiro atoms. The van der Waals surface area contributed by atoms with Crippen LogP contribution in [0, 0.1) is 6.92 Å². The van der Waals surface area contributed by atoms with Gasteiger partial charge in [-0.15, -0.1) is 0 Å². The molecule has 0 fully saturated rings. The van der Waals surface area contributed by atoms with E-state index >= 15 is 0 Å². The number of aryl methyl sites for hydroxylation is 1. The van der Waals surface area contributed by atoms with Crippen LogP contribution in [0.1, 0.15) is 21.6 Å². The molecule has 2 rings (SSSR count). The summed E-state index contributed by atoms with van der Waals surface area (Å²) in [7, 11) is -4.46. The van der Waals surface area contributed by atoms with Gasteiger partial charge in [0, 0.05) is 6.20 Å². The third kappa shape index (κ3) is 4.23. The highest BCUT2D eigenvalue weighted by molar-refractivity contribution is 7.92. The molecule has 7 nitrogen and oxygen atoms in total. The van der Waals surface area contributed by atoms with Crippen LogP contribution >= 0.6 is 11.6 Å². The number of nitrogens with one attached hydrogen (secondary N) is 2. The van der Waals surface area contributed by atoms with Crippen LogP contribution in [-0.4, -0.2) is 19.3 Å². The van der Waals surface area contributed by atoms with Crippen molar-refractivity contribution >= 4 is 33.2 Å². The lowest BCUT2D eigenvalue weighted by Gasteiger charge is -2.14. The summed E-state index contributed by atoms with van der Waals surface area (Å²) in [4.78, 5) is 14.7. The smallest absolute Gasteiger partial charge is 0.289 e. The van der Waals surface area contributed by atoms with Crippen molar-refractivity contribution in [2.45, 2.75) is 18.0 Å². The van der Waals surface area contributed by atoms with Crippen molar-refractivity contribution < 1.29 is 26.4 Å². The lowest BCUT2D eigenvalue weighted by molar-refractivity contribution is -0.138. The Hall–Kier alpha value is -2.37. The number of carbonyl (C=O) groups excluding carboxylic acids is 1. The third-order valence-corrected chi connectivity index (χ3v) is 4.84. The molecule has 0 saturated heterocycles. The van der Waals surface area contributed by atoms with E-state index in [2.05, 4.69) is 4.98 Å². The second kappa shape index (κ2) is 7.09. The number of aromatic nitrogens is 1. The zero-order chi connectivity index (χ0) is 19.7. The average molecular weight is 409 g/mol. The van der Waals surface area contributed by atoms with E-state index in [0.29, 0.717) is 6.07 Å².